The summed E-state index contributed by atoms with van der Waals surface area (Å²) in [5, 5.41) is 0. The summed E-state index contributed by atoms with van der Waals surface area (Å²) >= 11 is 0. The van der Waals surface area contributed by atoms with Gasteiger partial charge in [-0.05, 0) is 191 Å². The van der Waals surface area contributed by atoms with Crippen molar-refractivity contribution < 1.29 is 4.74 Å². The van der Waals surface area contributed by atoms with Gasteiger partial charge in [0.25, 0.3) is 20.1 Å². The molecule has 7 heterocycles. The molecule has 0 aliphatic carbocycles. The van der Waals surface area contributed by atoms with Gasteiger partial charge in [-0.3, -0.25) is 0 Å². The SMILES string of the molecule is c1ccc(-c2ccc(N3c4ccccc4B4c5cc6c(cc5N(c5ccc(-c7ccccc7)cc5)c5cccc3c54)N(c3ccc(-c4ccccc4)cc3)c3cc4c5c7c3B6c3cccc6c3N7c3c(cccc3B5c3ccccc3N4c3ccc(-c4ccccc4)cc3)O6)cc2)cc1. The van der Waals surface area contributed by atoms with E-state index in [2.05, 4.69) is 364 Å². The summed E-state index contributed by atoms with van der Waals surface area (Å²) in [5.74, 6) is 1.74. The molecule has 15 aromatic carbocycles. The summed E-state index contributed by atoms with van der Waals surface area (Å²) in [5.41, 5.74) is 37.9. The van der Waals surface area contributed by atoms with Crippen LogP contribution in [0.4, 0.5) is 85.3 Å². The van der Waals surface area contributed by atoms with Gasteiger partial charge in [-0.2, -0.15) is 0 Å². The minimum absolute atomic E-state index is 0.102. The van der Waals surface area contributed by atoms with Gasteiger partial charge in [-0.15, -0.1) is 0 Å². The van der Waals surface area contributed by atoms with E-state index in [4.69, 9.17) is 4.74 Å². The molecule has 0 spiro atoms. The van der Waals surface area contributed by atoms with Crippen LogP contribution in [-0.2, 0) is 0 Å². The summed E-state index contributed by atoms with van der Waals surface area (Å²) in [4.78, 5) is 12.9. The summed E-state index contributed by atoms with van der Waals surface area (Å²) in [6, 6.07) is 127. The van der Waals surface area contributed by atoms with Gasteiger partial charge in [0.1, 0.15) is 0 Å². The van der Waals surface area contributed by atoms with Crippen LogP contribution in [0.15, 0.2) is 340 Å². The fourth-order valence-corrected chi connectivity index (χ4v) is 17.9. The van der Waals surface area contributed by atoms with E-state index >= 15 is 0 Å². The molecule has 7 aliphatic rings. The van der Waals surface area contributed by atoms with Crippen LogP contribution >= 0.6 is 0 Å². The highest BCUT2D eigenvalue weighted by Gasteiger charge is 2.55. The van der Waals surface area contributed by atoms with E-state index in [0.717, 1.165) is 79.7 Å². The van der Waals surface area contributed by atoms with Crippen molar-refractivity contribution in [3.63, 3.8) is 0 Å². The van der Waals surface area contributed by atoms with Gasteiger partial charge in [0.05, 0.1) is 11.4 Å². The maximum absolute atomic E-state index is 7.31. The van der Waals surface area contributed by atoms with Crippen molar-refractivity contribution in [1.29, 1.82) is 0 Å². The molecule has 9 heteroatoms. The molecule has 6 nitrogen and oxygen atoms in total. The number of benzene rings is 15. The molecule has 456 valence electrons. The van der Waals surface area contributed by atoms with E-state index in [9.17, 15) is 0 Å². The Bertz CT molecular complexity index is 5860. The molecule has 22 rings (SSSR count). The molecule has 0 saturated carbocycles. The Labute approximate surface area is 576 Å². The van der Waals surface area contributed by atoms with E-state index in [-0.39, 0.29) is 20.1 Å². The number of rotatable bonds is 8. The highest BCUT2D eigenvalue weighted by molar-refractivity contribution is 7.06. The van der Waals surface area contributed by atoms with Crippen LogP contribution in [0.1, 0.15) is 0 Å². The lowest BCUT2D eigenvalue weighted by atomic mass is 9.28. The zero-order valence-corrected chi connectivity index (χ0v) is 53.7. The molecular formula is C90H56B3N5O. The highest BCUT2D eigenvalue weighted by atomic mass is 16.5. The van der Waals surface area contributed by atoms with E-state index in [1.807, 2.05) is 0 Å². The molecule has 0 radical (unpaired) electrons. The maximum atomic E-state index is 7.31. The predicted molar refractivity (Wildman–Crippen MR) is 416 cm³/mol. The number of fused-ring (bicyclic) bond motifs is 10. The van der Waals surface area contributed by atoms with Crippen LogP contribution < -0.4 is 78.4 Å². The third kappa shape index (κ3) is 7.81. The number of hydrogen-bond acceptors (Lipinski definition) is 6. The standard InChI is InChI=1S/C90H56B3N5O/c1-5-20-57(21-6-1)61-38-46-65(47-39-61)94-75-32-15-14-29-70(75)92-73-54-74-80(55-79(73)96(78-35-19-34-77(94)85(78)92)67-50-42-63(43-51-67)59-24-9-3-10-25-59)97(68-52-44-64(45-53-68)60-26-11-4-12-27-60)82-56-81-86-90-87(82)93(74)72-31-18-37-84-89(72)98(90)88-71(30-17-36-83(88)99-84)91(86)69-28-13-16-33-76(69)95(81)66-48-40-62(41-49-66)58-22-7-2-8-23-58/h1-56H. The van der Waals surface area contributed by atoms with Crippen LogP contribution in [0, 0.1) is 0 Å². The van der Waals surface area contributed by atoms with Gasteiger partial charge >= 0.3 is 0 Å². The Morgan fingerprint density at radius 3 is 0.889 bits per heavy atom. The molecule has 0 saturated heterocycles. The fraction of sp³-hybridized carbons (Fsp3) is 0. The summed E-state index contributed by atoms with van der Waals surface area (Å²) in [6.07, 6.45) is 0. The summed E-state index contributed by atoms with van der Waals surface area (Å²) < 4.78 is 7.31. The predicted octanol–water partition coefficient (Wildman–Crippen LogP) is 17.2. The van der Waals surface area contributed by atoms with Crippen LogP contribution in [0.5, 0.6) is 11.5 Å². The van der Waals surface area contributed by atoms with Crippen molar-refractivity contribution >= 4 is 155 Å². The number of nitrogens with zero attached hydrogens (tertiary/aromatic N) is 5. The second kappa shape index (κ2) is 20.9. The second-order valence-corrected chi connectivity index (χ2v) is 27.0. The second-order valence-electron chi connectivity index (χ2n) is 27.0. The van der Waals surface area contributed by atoms with E-state index in [0.29, 0.717) is 0 Å². The topological polar surface area (TPSA) is 25.4 Å². The first-order valence-corrected chi connectivity index (χ1v) is 34.4. The van der Waals surface area contributed by atoms with Crippen molar-refractivity contribution in [3.8, 4) is 56.0 Å². The van der Waals surface area contributed by atoms with E-state index in [1.54, 1.807) is 0 Å². The average molecular weight is 1260 g/mol. The quantitative estimate of drug-likeness (QED) is 0.141. The number of hydrogen-bond donors (Lipinski definition) is 0. The molecule has 0 amide bonds. The molecule has 15 aromatic rings. The summed E-state index contributed by atoms with van der Waals surface area (Å²) in [7, 11) is 0. The van der Waals surface area contributed by atoms with Crippen molar-refractivity contribution in [2.75, 3.05) is 24.5 Å². The zero-order valence-electron chi connectivity index (χ0n) is 53.7. The molecule has 0 aromatic heterocycles. The van der Waals surface area contributed by atoms with Crippen molar-refractivity contribution in [1.82, 2.24) is 0 Å². The van der Waals surface area contributed by atoms with E-state index in [1.165, 1.54) is 111 Å². The number of ether oxygens (including phenoxy) is 1. The van der Waals surface area contributed by atoms with E-state index < -0.39 is 0 Å². The number of para-hydroxylation sites is 4. The fourth-order valence-electron chi connectivity index (χ4n) is 17.9. The highest BCUT2D eigenvalue weighted by Crippen LogP contribution is 2.57. The molecule has 7 aliphatic heterocycles. The molecule has 0 unspecified atom stereocenters. The lowest BCUT2D eigenvalue weighted by molar-refractivity contribution is 0.478. The average Bonchev–Trinajstić information content (AvgIpc) is 0.663. The monoisotopic (exact) mass is 1260 g/mol. The van der Waals surface area contributed by atoms with Crippen LogP contribution in [-0.4, -0.2) is 20.1 Å². The van der Waals surface area contributed by atoms with Crippen LogP contribution in [0.2, 0.25) is 0 Å². The smallest absolute Gasteiger partial charge is 0.252 e. The van der Waals surface area contributed by atoms with Crippen LogP contribution in [0.25, 0.3) is 44.5 Å². The Morgan fingerprint density at radius 2 is 0.475 bits per heavy atom. The molecule has 0 bridgehead atoms. The lowest BCUT2D eigenvalue weighted by Gasteiger charge is -2.52. The third-order valence-electron chi connectivity index (χ3n) is 22.0. The molecular weight excluding hydrogens is 1200 g/mol. The Kier molecular flexibility index (Phi) is 11.5. The largest absolute Gasteiger partial charge is 0.453 e. The molecule has 0 fully saturated rings. The Morgan fingerprint density at radius 1 is 0.182 bits per heavy atom. The van der Waals surface area contributed by atoms with Crippen LogP contribution in [0.3, 0.4) is 0 Å². The first-order chi connectivity index (χ1) is 49.1. The Balaban J connectivity index is 0.833. The molecule has 0 atom stereocenters. The molecule has 99 heavy (non-hydrogen) atoms. The third-order valence-corrected chi connectivity index (χ3v) is 22.0. The van der Waals surface area contributed by atoms with Gasteiger partial charge in [-0.1, -0.05) is 243 Å². The van der Waals surface area contributed by atoms with Gasteiger partial charge in [0, 0.05) is 73.9 Å². The zero-order chi connectivity index (χ0) is 64.6. The van der Waals surface area contributed by atoms with Gasteiger partial charge in [-0.25, -0.2) is 0 Å². The Hall–Kier alpha value is -12.7. The van der Waals surface area contributed by atoms with Gasteiger partial charge in [0.15, 0.2) is 11.5 Å². The first-order valence-electron chi connectivity index (χ1n) is 34.4. The van der Waals surface area contributed by atoms with Crippen molar-refractivity contribution in [2.45, 2.75) is 0 Å². The molecule has 0 N–H and O–H groups in total. The summed E-state index contributed by atoms with van der Waals surface area (Å²) in [6.45, 7) is -0.457. The maximum Gasteiger partial charge on any atom is 0.252 e. The first kappa shape index (κ1) is 54.5. The number of anilines is 15. The lowest BCUT2D eigenvalue weighted by Crippen LogP contribution is -2.69. The minimum Gasteiger partial charge on any atom is -0.453 e. The normalized spacial score (nSPS) is 13.8. The van der Waals surface area contributed by atoms with Gasteiger partial charge in [0.2, 0.25) is 0 Å². The van der Waals surface area contributed by atoms with Gasteiger partial charge < -0.3 is 29.2 Å². The minimum atomic E-state index is -0.216. The van der Waals surface area contributed by atoms with Crippen molar-refractivity contribution in [3.05, 3.63) is 340 Å². The van der Waals surface area contributed by atoms with Crippen molar-refractivity contribution in [2.24, 2.45) is 0 Å².